The van der Waals surface area contributed by atoms with Crippen molar-refractivity contribution in [2.45, 2.75) is 45.6 Å². The first-order valence-corrected chi connectivity index (χ1v) is 10.3. The summed E-state index contributed by atoms with van der Waals surface area (Å²) in [6.45, 7) is 8.26. The first-order valence-electron chi connectivity index (χ1n) is 9.39. The SMILES string of the molecule is CC1CN(Cc2csc(NC(=O)C(C)NC(=O)c3ccccc3)n2)CC(C)O1. The number of rotatable bonds is 6. The van der Waals surface area contributed by atoms with Crippen LogP contribution in [0, 0.1) is 0 Å². The molecular weight excluding hydrogens is 376 g/mol. The highest BCUT2D eigenvalue weighted by Gasteiger charge is 2.23. The summed E-state index contributed by atoms with van der Waals surface area (Å²) in [5.74, 6) is -0.572. The smallest absolute Gasteiger partial charge is 0.251 e. The van der Waals surface area contributed by atoms with Crippen molar-refractivity contribution in [1.82, 2.24) is 15.2 Å². The van der Waals surface area contributed by atoms with Gasteiger partial charge in [0.1, 0.15) is 6.04 Å². The molecule has 1 fully saturated rings. The molecule has 2 amide bonds. The third-order valence-electron chi connectivity index (χ3n) is 4.44. The van der Waals surface area contributed by atoms with E-state index in [0.29, 0.717) is 10.7 Å². The highest BCUT2D eigenvalue weighted by Crippen LogP contribution is 2.19. The van der Waals surface area contributed by atoms with Crippen molar-refractivity contribution in [2.75, 3.05) is 18.4 Å². The van der Waals surface area contributed by atoms with E-state index in [2.05, 4.69) is 34.4 Å². The number of hydrogen-bond acceptors (Lipinski definition) is 6. The molecule has 7 nitrogen and oxygen atoms in total. The molecule has 3 unspecified atom stereocenters. The average Bonchev–Trinajstić information content (AvgIpc) is 3.08. The molecule has 0 radical (unpaired) electrons. The molecule has 150 valence electrons. The van der Waals surface area contributed by atoms with Crippen molar-refractivity contribution in [3.05, 3.63) is 47.0 Å². The van der Waals surface area contributed by atoms with E-state index >= 15 is 0 Å². The molecule has 0 bridgehead atoms. The Labute approximate surface area is 169 Å². The van der Waals surface area contributed by atoms with Gasteiger partial charge in [0.15, 0.2) is 5.13 Å². The largest absolute Gasteiger partial charge is 0.373 e. The number of anilines is 1. The van der Waals surface area contributed by atoms with Gasteiger partial charge in [-0.2, -0.15) is 0 Å². The quantitative estimate of drug-likeness (QED) is 0.776. The van der Waals surface area contributed by atoms with Gasteiger partial charge in [-0.15, -0.1) is 11.3 Å². The molecule has 8 heteroatoms. The number of nitrogens with zero attached hydrogens (tertiary/aromatic N) is 2. The summed E-state index contributed by atoms with van der Waals surface area (Å²) in [5, 5.41) is 7.98. The van der Waals surface area contributed by atoms with Crippen LogP contribution in [0.2, 0.25) is 0 Å². The van der Waals surface area contributed by atoms with Gasteiger partial charge in [-0.1, -0.05) is 18.2 Å². The summed E-state index contributed by atoms with van der Waals surface area (Å²) in [7, 11) is 0. The van der Waals surface area contributed by atoms with Crippen molar-refractivity contribution in [2.24, 2.45) is 0 Å². The van der Waals surface area contributed by atoms with E-state index in [0.717, 1.165) is 25.3 Å². The minimum absolute atomic E-state index is 0.204. The van der Waals surface area contributed by atoms with E-state index in [1.54, 1.807) is 31.2 Å². The molecule has 2 heterocycles. The van der Waals surface area contributed by atoms with Gasteiger partial charge >= 0.3 is 0 Å². The molecular formula is C20H26N4O3S. The first kappa shape index (κ1) is 20.4. The highest BCUT2D eigenvalue weighted by atomic mass is 32.1. The van der Waals surface area contributed by atoms with Crippen LogP contribution in [-0.2, 0) is 16.1 Å². The number of nitrogens with one attached hydrogen (secondary N) is 2. The van der Waals surface area contributed by atoms with E-state index < -0.39 is 6.04 Å². The number of carbonyl (C=O) groups excluding carboxylic acids is 2. The van der Waals surface area contributed by atoms with Gasteiger partial charge in [0.05, 0.1) is 17.9 Å². The minimum atomic E-state index is -0.666. The monoisotopic (exact) mass is 402 g/mol. The van der Waals surface area contributed by atoms with E-state index in [9.17, 15) is 9.59 Å². The van der Waals surface area contributed by atoms with Gasteiger partial charge < -0.3 is 15.4 Å². The third-order valence-corrected chi connectivity index (χ3v) is 5.25. The molecule has 3 atom stereocenters. The summed E-state index contributed by atoms with van der Waals surface area (Å²) < 4.78 is 5.75. The lowest BCUT2D eigenvalue weighted by Crippen LogP contribution is -2.44. The van der Waals surface area contributed by atoms with Crippen LogP contribution in [0.15, 0.2) is 35.7 Å². The first-order chi connectivity index (χ1) is 13.4. The maximum Gasteiger partial charge on any atom is 0.251 e. The number of ether oxygens (including phenoxy) is 1. The maximum absolute atomic E-state index is 12.4. The van der Waals surface area contributed by atoms with Crippen LogP contribution in [-0.4, -0.2) is 53.0 Å². The molecule has 1 saturated heterocycles. The van der Waals surface area contributed by atoms with Gasteiger partial charge in [0.2, 0.25) is 5.91 Å². The van der Waals surface area contributed by atoms with Crippen LogP contribution in [0.5, 0.6) is 0 Å². The Morgan fingerprint density at radius 3 is 2.61 bits per heavy atom. The zero-order chi connectivity index (χ0) is 20.1. The van der Waals surface area contributed by atoms with Crippen molar-refractivity contribution >= 4 is 28.3 Å². The van der Waals surface area contributed by atoms with Gasteiger partial charge in [-0.25, -0.2) is 4.98 Å². The number of hydrogen-bond donors (Lipinski definition) is 2. The second kappa shape index (κ2) is 9.27. The van der Waals surface area contributed by atoms with E-state index in [1.807, 2.05) is 11.4 Å². The Morgan fingerprint density at radius 2 is 1.93 bits per heavy atom. The Morgan fingerprint density at radius 1 is 1.25 bits per heavy atom. The standard InChI is InChI=1S/C20H26N4O3S/c1-13-9-24(10-14(2)27-13)11-17-12-28-20(22-17)23-18(25)15(3)21-19(26)16-7-5-4-6-8-16/h4-8,12-15H,9-11H2,1-3H3,(H,21,26)(H,22,23,25). The van der Waals surface area contributed by atoms with Gasteiger partial charge in [-0.3, -0.25) is 14.5 Å². The molecule has 1 aromatic heterocycles. The third kappa shape index (κ3) is 5.60. The molecule has 0 aliphatic carbocycles. The molecule has 2 N–H and O–H groups in total. The number of aromatic nitrogens is 1. The summed E-state index contributed by atoms with van der Waals surface area (Å²) in [6, 6.07) is 8.16. The van der Waals surface area contributed by atoms with Crippen molar-refractivity contribution in [3.63, 3.8) is 0 Å². The highest BCUT2D eigenvalue weighted by molar-refractivity contribution is 7.13. The molecule has 0 saturated carbocycles. The lowest BCUT2D eigenvalue weighted by Gasteiger charge is -2.34. The van der Waals surface area contributed by atoms with E-state index in [1.165, 1.54) is 11.3 Å². The topological polar surface area (TPSA) is 83.6 Å². The molecule has 1 aliphatic heterocycles. The zero-order valence-electron chi connectivity index (χ0n) is 16.3. The number of carbonyl (C=O) groups is 2. The fourth-order valence-electron chi connectivity index (χ4n) is 3.23. The fraction of sp³-hybridized carbons (Fsp3) is 0.450. The van der Waals surface area contributed by atoms with Crippen LogP contribution >= 0.6 is 11.3 Å². The summed E-state index contributed by atoms with van der Waals surface area (Å²) in [5.41, 5.74) is 1.44. The maximum atomic E-state index is 12.4. The van der Waals surface area contributed by atoms with Gasteiger partial charge in [0, 0.05) is 30.6 Å². The lowest BCUT2D eigenvalue weighted by atomic mass is 10.2. The summed E-state index contributed by atoms with van der Waals surface area (Å²) in [6.07, 6.45) is 0.409. The minimum Gasteiger partial charge on any atom is -0.373 e. The number of morpholine rings is 1. The number of amides is 2. The van der Waals surface area contributed by atoms with Crippen molar-refractivity contribution in [3.8, 4) is 0 Å². The van der Waals surface area contributed by atoms with Crippen LogP contribution in [0.25, 0.3) is 0 Å². The number of benzene rings is 1. The van der Waals surface area contributed by atoms with Crippen LogP contribution in [0.3, 0.4) is 0 Å². The van der Waals surface area contributed by atoms with Crippen LogP contribution in [0.1, 0.15) is 36.8 Å². The predicted octanol–water partition coefficient (Wildman–Crippen LogP) is 2.51. The average molecular weight is 403 g/mol. The van der Waals surface area contributed by atoms with Crippen LogP contribution in [0.4, 0.5) is 5.13 Å². The molecule has 3 rings (SSSR count). The zero-order valence-corrected chi connectivity index (χ0v) is 17.2. The summed E-state index contributed by atoms with van der Waals surface area (Å²) in [4.78, 5) is 31.4. The second-order valence-electron chi connectivity index (χ2n) is 7.15. The van der Waals surface area contributed by atoms with Crippen LogP contribution < -0.4 is 10.6 Å². The number of thiazole rings is 1. The summed E-state index contributed by atoms with van der Waals surface area (Å²) >= 11 is 1.39. The normalized spacial score (nSPS) is 21.1. The predicted molar refractivity (Wildman–Crippen MR) is 109 cm³/mol. The Hall–Kier alpha value is -2.29. The molecule has 1 aliphatic rings. The van der Waals surface area contributed by atoms with Crippen molar-refractivity contribution in [1.29, 1.82) is 0 Å². The fourth-order valence-corrected chi connectivity index (χ4v) is 3.93. The Bertz CT molecular complexity index is 801. The molecule has 28 heavy (non-hydrogen) atoms. The second-order valence-corrected chi connectivity index (χ2v) is 8.00. The van der Waals surface area contributed by atoms with Crippen molar-refractivity contribution < 1.29 is 14.3 Å². The van der Waals surface area contributed by atoms with E-state index in [4.69, 9.17) is 4.74 Å². The molecule has 2 aromatic rings. The molecule has 1 aromatic carbocycles. The Balaban J connectivity index is 1.51. The lowest BCUT2D eigenvalue weighted by molar-refractivity contribution is -0.117. The van der Waals surface area contributed by atoms with Gasteiger partial charge in [-0.05, 0) is 32.9 Å². The van der Waals surface area contributed by atoms with Gasteiger partial charge in [0.25, 0.3) is 5.91 Å². The van der Waals surface area contributed by atoms with E-state index in [-0.39, 0.29) is 24.0 Å². The molecule has 0 spiro atoms. The Kier molecular flexibility index (Phi) is 6.77.